The van der Waals surface area contributed by atoms with Crippen molar-refractivity contribution in [3.63, 3.8) is 0 Å². The number of carbonyl (C=O) groups excluding carboxylic acids is 1. The molecule has 206 valence electrons. The maximum atomic E-state index is 13.3. The average molecular weight is 555 g/mol. The minimum atomic E-state index is -4.74. The van der Waals surface area contributed by atoms with E-state index in [9.17, 15) is 18.0 Å². The van der Waals surface area contributed by atoms with Gasteiger partial charge in [-0.25, -0.2) is 0 Å². The zero-order valence-corrected chi connectivity index (χ0v) is 21.3. The third-order valence-electron chi connectivity index (χ3n) is 7.72. The fourth-order valence-corrected chi connectivity index (χ4v) is 5.96. The topological polar surface area (TPSA) is 88.5 Å². The van der Waals surface area contributed by atoms with E-state index in [1.165, 1.54) is 6.07 Å². The first-order chi connectivity index (χ1) is 18.1. The Morgan fingerprint density at radius 3 is 2.37 bits per heavy atom. The van der Waals surface area contributed by atoms with E-state index in [4.69, 9.17) is 26.8 Å². The molecule has 1 amide bonds. The first-order valence-corrected chi connectivity index (χ1v) is 13.0. The zero-order valence-electron chi connectivity index (χ0n) is 20.6. The number of halogens is 4. The fourth-order valence-electron chi connectivity index (χ4n) is 5.83. The second-order valence-electron chi connectivity index (χ2n) is 10.2. The highest BCUT2D eigenvalue weighted by Crippen LogP contribution is 2.38. The second kappa shape index (κ2) is 10.8. The number of amides is 1. The molecule has 0 aromatic heterocycles. The first kappa shape index (κ1) is 26.9. The standard InChI is InChI=1S/C26H30ClF3N4O4/c27-16-1-6-19(7-2-16)32-13-21-12-20(32)14-33(21)25(35)15-38-22-8-3-17(4-9-22)31-18-5-10-24(34(36)37)23(11-18)26(28,29)30/h1-2,5-7,10-11,17,20-22,31,36-37H,3-4,8-9,12-15H2. The molecular formula is C26H30ClF3N4O4. The number of nitrogens with zero attached hydrogens (tertiary/aromatic N) is 3. The summed E-state index contributed by atoms with van der Waals surface area (Å²) < 4.78 is 45.9. The molecule has 2 heterocycles. The van der Waals surface area contributed by atoms with Crippen LogP contribution in [0.3, 0.4) is 0 Å². The van der Waals surface area contributed by atoms with Crippen LogP contribution in [0.4, 0.5) is 30.2 Å². The van der Waals surface area contributed by atoms with Crippen molar-refractivity contribution in [2.75, 3.05) is 35.1 Å². The van der Waals surface area contributed by atoms with E-state index in [-0.39, 0.29) is 42.4 Å². The van der Waals surface area contributed by atoms with Crippen molar-refractivity contribution in [2.45, 2.75) is 62.5 Å². The monoisotopic (exact) mass is 554 g/mol. The van der Waals surface area contributed by atoms with Crippen LogP contribution in [0.25, 0.3) is 0 Å². The van der Waals surface area contributed by atoms with Gasteiger partial charge in [-0.1, -0.05) is 11.6 Å². The maximum Gasteiger partial charge on any atom is 0.418 e. The van der Waals surface area contributed by atoms with Crippen LogP contribution in [0.2, 0.25) is 5.02 Å². The van der Waals surface area contributed by atoms with Crippen molar-refractivity contribution in [3.05, 3.63) is 53.1 Å². The molecule has 3 fully saturated rings. The van der Waals surface area contributed by atoms with Gasteiger partial charge < -0.3 is 19.9 Å². The predicted molar refractivity (Wildman–Crippen MR) is 136 cm³/mol. The van der Waals surface area contributed by atoms with Gasteiger partial charge in [0.15, 0.2) is 0 Å². The van der Waals surface area contributed by atoms with Crippen LogP contribution in [0, 0.1) is 0 Å². The number of hydrogen-bond acceptors (Lipinski definition) is 7. The van der Waals surface area contributed by atoms with E-state index < -0.39 is 22.7 Å². The minimum Gasteiger partial charge on any atom is -0.382 e. The highest BCUT2D eigenvalue weighted by Gasteiger charge is 2.45. The van der Waals surface area contributed by atoms with Gasteiger partial charge in [0.05, 0.1) is 17.7 Å². The Hall–Kier alpha value is -2.73. The minimum absolute atomic E-state index is 0.00455. The number of rotatable bonds is 7. The highest BCUT2D eigenvalue weighted by atomic mass is 35.5. The Kier molecular flexibility index (Phi) is 7.63. The van der Waals surface area contributed by atoms with Crippen LogP contribution in [0.15, 0.2) is 42.5 Å². The molecule has 2 bridgehead atoms. The maximum absolute atomic E-state index is 13.3. The molecule has 38 heavy (non-hydrogen) atoms. The summed E-state index contributed by atoms with van der Waals surface area (Å²) in [4.78, 5) is 17.1. The Morgan fingerprint density at radius 2 is 1.76 bits per heavy atom. The first-order valence-electron chi connectivity index (χ1n) is 12.7. The van der Waals surface area contributed by atoms with Crippen LogP contribution >= 0.6 is 11.6 Å². The normalized spacial score (nSPS) is 25.1. The Bertz CT molecular complexity index is 1140. The molecule has 2 unspecified atom stereocenters. The van der Waals surface area contributed by atoms with Crippen LogP contribution in [-0.4, -0.2) is 65.1 Å². The molecular weight excluding hydrogens is 525 g/mol. The van der Waals surface area contributed by atoms with Crippen molar-refractivity contribution < 1.29 is 33.1 Å². The molecule has 5 rings (SSSR count). The molecule has 3 aliphatic rings. The molecule has 2 atom stereocenters. The van der Waals surface area contributed by atoms with Gasteiger partial charge in [-0.3, -0.25) is 15.2 Å². The van der Waals surface area contributed by atoms with Crippen LogP contribution in [0.5, 0.6) is 0 Å². The summed E-state index contributed by atoms with van der Waals surface area (Å²) >= 11 is 6.00. The Morgan fingerprint density at radius 1 is 1.05 bits per heavy atom. The number of hydrogen-bond donors (Lipinski definition) is 3. The number of alkyl halides is 3. The predicted octanol–water partition coefficient (Wildman–Crippen LogP) is 5.17. The van der Waals surface area contributed by atoms with E-state index in [2.05, 4.69) is 10.2 Å². The van der Waals surface area contributed by atoms with E-state index >= 15 is 0 Å². The second-order valence-corrected chi connectivity index (χ2v) is 10.6. The highest BCUT2D eigenvalue weighted by molar-refractivity contribution is 6.30. The SMILES string of the molecule is O=C(COC1CCC(Nc2ccc(N(O)O)c(C(F)(F)F)c2)CC1)N1CC2CC1CN2c1ccc(Cl)cc1. The number of piperazine rings is 1. The van der Waals surface area contributed by atoms with Gasteiger partial charge in [-0.15, -0.1) is 5.23 Å². The molecule has 1 aliphatic carbocycles. The third-order valence-corrected chi connectivity index (χ3v) is 7.98. The van der Waals surface area contributed by atoms with Gasteiger partial charge in [0.25, 0.3) is 0 Å². The number of benzene rings is 2. The summed E-state index contributed by atoms with van der Waals surface area (Å²) in [6.45, 7) is 1.50. The average Bonchev–Trinajstić information content (AvgIpc) is 3.49. The van der Waals surface area contributed by atoms with Crippen molar-refractivity contribution in [1.82, 2.24) is 4.90 Å². The summed E-state index contributed by atoms with van der Waals surface area (Å²) in [5.41, 5.74) is -0.521. The van der Waals surface area contributed by atoms with Crippen molar-refractivity contribution in [1.29, 1.82) is 0 Å². The van der Waals surface area contributed by atoms with Crippen LogP contribution in [-0.2, 0) is 15.7 Å². The smallest absolute Gasteiger partial charge is 0.382 e. The summed E-state index contributed by atoms with van der Waals surface area (Å²) in [5.74, 6) is -0.00455. The molecule has 12 heteroatoms. The number of nitrogens with one attached hydrogen (secondary N) is 1. The molecule has 8 nitrogen and oxygen atoms in total. The van der Waals surface area contributed by atoms with Gasteiger partial charge in [0.2, 0.25) is 5.91 Å². The quantitative estimate of drug-likeness (QED) is 0.407. The van der Waals surface area contributed by atoms with E-state index in [1.54, 1.807) is 0 Å². The molecule has 2 aliphatic heterocycles. The van der Waals surface area contributed by atoms with Crippen LogP contribution in [0.1, 0.15) is 37.7 Å². The number of carbonyl (C=O) groups is 1. The lowest BCUT2D eigenvalue weighted by molar-refractivity contribution is -0.140. The van der Waals surface area contributed by atoms with E-state index in [0.717, 1.165) is 30.8 Å². The van der Waals surface area contributed by atoms with Gasteiger partial charge in [0.1, 0.15) is 12.3 Å². The molecule has 0 spiro atoms. The van der Waals surface area contributed by atoms with Crippen molar-refractivity contribution in [2.24, 2.45) is 0 Å². The fraction of sp³-hybridized carbons (Fsp3) is 0.500. The Balaban J connectivity index is 1.07. The summed E-state index contributed by atoms with van der Waals surface area (Å²) in [5, 5.41) is 21.4. The van der Waals surface area contributed by atoms with Gasteiger partial charge in [0, 0.05) is 41.6 Å². The molecule has 2 aromatic rings. The lowest BCUT2D eigenvalue weighted by atomic mass is 9.92. The summed E-state index contributed by atoms with van der Waals surface area (Å²) in [6.07, 6.45) is -1.14. The molecule has 1 saturated carbocycles. The van der Waals surface area contributed by atoms with Crippen molar-refractivity contribution >= 4 is 34.6 Å². The molecule has 0 radical (unpaired) electrons. The summed E-state index contributed by atoms with van der Waals surface area (Å²) in [6, 6.07) is 11.4. The van der Waals surface area contributed by atoms with Crippen molar-refractivity contribution in [3.8, 4) is 0 Å². The zero-order chi connectivity index (χ0) is 27.0. The van der Waals surface area contributed by atoms with Gasteiger partial charge in [-0.05, 0) is 74.6 Å². The summed E-state index contributed by atoms with van der Waals surface area (Å²) in [7, 11) is 0. The molecule has 3 N–H and O–H groups in total. The number of ether oxygens (including phenoxy) is 1. The largest absolute Gasteiger partial charge is 0.418 e. The third kappa shape index (κ3) is 5.80. The lowest BCUT2D eigenvalue weighted by Gasteiger charge is -2.36. The number of anilines is 3. The van der Waals surface area contributed by atoms with Gasteiger partial charge in [-0.2, -0.15) is 13.2 Å². The number of fused-ring (bicyclic) bond motifs is 2. The van der Waals surface area contributed by atoms with E-state index in [0.29, 0.717) is 37.3 Å². The van der Waals surface area contributed by atoms with E-state index in [1.807, 2.05) is 29.2 Å². The molecule has 2 saturated heterocycles. The Labute approximate surface area is 223 Å². The van der Waals surface area contributed by atoms with Gasteiger partial charge >= 0.3 is 6.18 Å². The lowest BCUT2D eigenvalue weighted by Crippen LogP contribution is -2.50. The molecule has 2 aromatic carbocycles. The number of likely N-dealkylation sites (tertiary alicyclic amines) is 1. The van der Waals surface area contributed by atoms with Crippen LogP contribution < -0.4 is 15.4 Å².